The standard InChI is InChI=1S/C24H22N4O3/c29-20-9-10-21-22(15-20)27-23(26-21)16-1-3-17(4-2-16)24(30)25-18-5-7-19(8-6-18)28-11-13-31-14-12-28/h1-10,15,29H,11-14H2,(H,25,30)(H,26,27). The summed E-state index contributed by atoms with van der Waals surface area (Å²) in [6, 6.07) is 20.1. The van der Waals surface area contributed by atoms with Gasteiger partial charge in [0.05, 0.1) is 24.2 Å². The highest BCUT2D eigenvalue weighted by Crippen LogP contribution is 2.24. The maximum Gasteiger partial charge on any atom is 0.255 e. The van der Waals surface area contributed by atoms with Gasteiger partial charge in [0.2, 0.25) is 0 Å². The summed E-state index contributed by atoms with van der Waals surface area (Å²) in [5, 5.41) is 12.5. The van der Waals surface area contributed by atoms with Gasteiger partial charge in [0.1, 0.15) is 11.6 Å². The maximum atomic E-state index is 12.6. The molecule has 1 amide bonds. The fraction of sp³-hybridized carbons (Fsp3) is 0.167. The van der Waals surface area contributed by atoms with E-state index >= 15 is 0 Å². The molecule has 0 aliphatic carbocycles. The Morgan fingerprint density at radius 1 is 1.00 bits per heavy atom. The summed E-state index contributed by atoms with van der Waals surface area (Å²) in [4.78, 5) is 22.6. The van der Waals surface area contributed by atoms with Crippen LogP contribution >= 0.6 is 0 Å². The lowest BCUT2D eigenvalue weighted by molar-refractivity contribution is 0.102. The molecule has 0 radical (unpaired) electrons. The molecule has 1 aromatic heterocycles. The topological polar surface area (TPSA) is 90.5 Å². The number of benzene rings is 3. The van der Waals surface area contributed by atoms with Crippen molar-refractivity contribution in [3.05, 3.63) is 72.3 Å². The molecule has 7 nitrogen and oxygen atoms in total. The van der Waals surface area contributed by atoms with E-state index in [1.54, 1.807) is 30.3 Å². The van der Waals surface area contributed by atoms with Gasteiger partial charge in [-0.3, -0.25) is 4.79 Å². The van der Waals surface area contributed by atoms with Crippen LogP contribution < -0.4 is 10.2 Å². The number of carbonyl (C=O) groups excluding carboxylic acids is 1. The summed E-state index contributed by atoms with van der Waals surface area (Å²) in [7, 11) is 0. The number of morpholine rings is 1. The highest BCUT2D eigenvalue weighted by Gasteiger charge is 2.12. The van der Waals surface area contributed by atoms with Crippen molar-refractivity contribution >= 4 is 28.3 Å². The van der Waals surface area contributed by atoms with Gasteiger partial charge in [0.25, 0.3) is 5.91 Å². The number of ether oxygens (including phenoxy) is 1. The first-order chi connectivity index (χ1) is 15.2. The van der Waals surface area contributed by atoms with Crippen LogP contribution in [0.25, 0.3) is 22.4 Å². The number of anilines is 2. The number of fused-ring (bicyclic) bond motifs is 1. The molecule has 2 heterocycles. The molecule has 1 aliphatic rings. The molecule has 3 aromatic carbocycles. The molecule has 0 spiro atoms. The summed E-state index contributed by atoms with van der Waals surface area (Å²) >= 11 is 0. The van der Waals surface area contributed by atoms with Crippen molar-refractivity contribution < 1.29 is 14.6 Å². The third-order valence-corrected chi connectivity index (χ3v) is 5.39. The molecule has 1 saturated heterocycles. The highest BCUT2D eigenvalue weighted by molar-refractivity contribution is 6.04. The van der Waals surface area contributed by atoms with E-state index in [9.17, 15) is 9.90 Å². The number of rotatable bonds is 4. The van der Waals surface area contributed by atoms with Gasteiger partial charge >= 0.3 is 0 Å². The zero-order chi connectivity index (χ0) is 21.2. The third kappa shape index (κ3) is 4.08. The Morgan fingerprint density at radius 3 is 2.48 bits per heavy atom. The number of nitrogens with zero attached hydrogens (tertiary/aromatic N) is 2. The average molecular weight is 414 g/mol. The number of phenolic OH excluding ortho intramolecular Hbond substituents is 1. The van der Waals surface area contributed by atoms with Crippen LogP contribution in [0.4, 0.5) is 11.4 Å². The summed E-state index contributed by atoms with van der Waals surface area (Å²) < 4.78 is 5.39. The first-order valence-corrected chi connectivity index (χ1v) is 10.2. The van der Waals surface area contributed by atoms with E-state index in [1.165, 1.54) is 0 Å². The number of imidazole rings is 1. The van der Waals surface area contributed by atoms with Crippen molar-refractivity contribution in [3.63, 3.8) is 0 Å². The van der Waals surface area contributed by atoms with E-state index in [-0.39, 0.29) is 11.7 Å². The van der Waals surface area contributed by atoms with E-state index in [2.05, 4.69) is 20.2 Å². The summed E-state index contributed by atoms with van der Waals surface area (Å²) in [5.74, 6) is 0.696. The summed E-state index contributed by atoms with van der Waals surface area (Å²) in [6.07, 6.45) is 0. The molecule has 31 heavy (non-hydrogen) atoms. The van der Waals surface area contributed by atoms with Crippen molar-refractivity contribution in [2.24, 2.45) is 0 Å². The minimum atomic E-state index is -0.166. The SMILES string of the molecule is O=C(Nc1ccc(N2CCOCC2)cc1)c1ccc(-c2nc3cc(O)ccc3[nH]2)cc1. The second-order valence-corrected chi connectivity index (χ2v) is 7.46. The number of hydrogen-bond acceptors (Lipinski definition) is 5. The van der Waals surface area contributed by atoms with Gasteiger partial charge in [-0.15, -0.1) is 0 Å². The van der Waals surface area contributed by atoms with Crippen LogP contribution in [0.3, 0.4) is 0 Å². The smallest absolute Gasteiger partial charge is 0.255 e. The fourth-order valence-electron chi connectivity index (χ4n) is 3.69. The van der Waals surface area contributed by atoms with Crippen LogP contribution in [0.1, 0.15) is 10.4 Å². The lowest BCUT2D eigenvalue weighted by Gasteiger charge is -2.28. The Labute approximate surface area is 179 Å². The van der Waals surface area contributed by atoms with E-state index in [0.29, 0.717) is 16.9 Å². The van der Waals surface area contributed by atoms with Gasteiger partial charge in [-0.1, -0.05) is 12.1 Å². The fourth-order valence-corrected chi connectivity index (χ4v) is 3.69. The number of hydrogen-bond donors (Lipinski definition) is 3. The third-order valence-electron chi connectivity index (χ3n) is 5.39. The Hall–Kier alpha value is -3.84. The van der Waals surface area contributed by atoms with E-state index in [4.69, 9.17) is 4.74 Å². The first-order valence-electron chi connectivity index (χ1n) is 10.2. The van der Waals surface area contributed by atoms with Crippen molar-refractivity contribution in [2.75, 3.05) is 36.5 Å². The van der Waals surface area contributed by atoms with Crippen molar-refractivity contribution in [1.82, 2.24) is 9.97 Å². The molecule has 156 valence electrons. The number of carbonyl (C=O) groups is 1. The van der Waals surface area contributed by atoms with E-state index in [1.807, 2.05) is 36.4 Å². The molecule has 0 atom stereocenters. The molecule has 7 heteroatoms. The Balaban J connectivity index is 1.27. The van der Waals surface area contributed by atoms with Gasteiger partial charge < -0.3 is 25.0 Å². The number of aromatic amines is 1. The van der Waals surface area contributed by atoms with Gasteiger partial charge in [-0.25, -0.2) is 4.98 Å². The molecule has 5 rings (SSSR count). The van der Waals surface area contributed by atoms with Crippen molar-refractivity contribution in [2.45, 2.75) is 0 Å². The normalized spacial score (nSPS) is 14.0. The quantitative estimate of drug-likeness (QED) is 0.469. The highest BCUT2D eigenvalue weighted by atomic mass is 16.5. The minimum Gasteiger partial charge on any atom is -0.508 e. The Morgan fingerprint density at radius 2 is 1.74 bits per heavy atom. The van der Waals surface area contributed by atoms with Crippen LogP contribution in [0.15, 0.2) is 66.7 Å². The molecule has 3 N–H and O–H groups in total. The summed E-state index contributed by atoms with van der Waals surface area (Å²) in [6.45, 7) is 3.24. The molecule has 0 bridgehead atoms. The molecule has 0 unspecified atom stereocenters. The summed E-state index contributed by atoms with van der Waals surface area (Å²) in [5.41, 5.74) is 4.84. The number of H-pyrrole nitrogens is 1. The first kappa shape index (κ1) is 19.1. The Bertz CT molecular complexity index is 1210. The number of amides is 1. The molecular formula is C24H22N4O3. The van der Waals surface area contributed by atoms with Gasteiger partial charge in [0.15, 0.2) is 0 Å². The van der Waals surface area contributed by atoms with E-state index in [0.717, 1.165) is 48.8 Å². The largest absolute Gasteiger partial charge is 0.508 e. The van der Waals surface area contributed by atoms with Gasteiger partial charge in [-0.2, -0.15) is 0 Å². The molecular weight excluding hydrogens is 392 g/mol. The number of aromatic hydroxyl groups is 1. The lowest BCUT2D eigenvalue weighted by atomic mass is 10.1. The van der Waals surface area contributed by atoms with Crippen LogP contribution in [0.2, 0.25) is 0 Å². The predicted octanol–water partition coefficient (Wildman–Crippen LogP) is 4.02. The number of phenols is 1. The Kier molecular flexibility index (Phi) is 5.01. The maximum absolute atomic E-state index is 12.6. The molecule has 1 fully saturated rings. The average Bonchev–Trinajstić information content (AvgIpc) is 3.23. The monoisotopic (exact) mass is 414 g/mol. The predicted molar refractivity (Wildman–Crippen MR) is 121 cm³/mol. The van der Waals surface area contributed by atoms with Crippen LogP contribution in [-0.4, -0.2) is 47.3 Å². The van der Waals surface area contributed by atoms with E-state index < -0.39 is 0 Å². The number of aromatic nitrogens is 2. The van der Waals surface area contributed by atoms with Crippen molar-refractivity contribution in [1.29, 1.82) is 0 Å². The molecule has 0 saturated carbocycles. The van der Waals surface area contributed by atoms with Crippen LogP contribution in [0.5, 0.6) is 5.75 Å². The van der Waals surface area contributed by atoms with Crippen LogP contribution in [-0.2, 0) is 4.74 Å². The minimum absolute atomic E-state index is 0.166. The second kappa shape index (κ2) is 8.12. The number of nitrogens with one attached hydrogen (secondary N) is 2. The molecule has 4 aromatic rings. The zero-order valence-electron chi connectivity index (χ0n) is 16.8. The van der Waals surface area contributed by atoms with Crippen molar-refractivity contribution in [3.8, 4) is 17.1 Å². The lowest BCUT2D eigenvalue weighted by Crippen LogP contribution is -2.36. The second-order valence-electron chi connectivity index (χ2n) is 7.46. The van der Waals surface area contributed by atoms with Gasteiger partial charge in [-0.05, 0) is 48.5 Å². The van der Waals surface area contributed by atoms with Crippen LogP contribution in [0, 0.1) is 0 Å². The zero-order valence-corrected chi connectivity index (χ0v) is 16.8. The molecule has 1 aliphatic heterocycles. The van der Waals surface area contributed by atoms with Gasteiger partial charge in [0, 0.05) is 41.7 Å².